The lowest BCUT2D eigenvalue weighted by molar-refractivity contribution is -0.140. The monoisotopic (exact) mass is 469 g/mol. The van der Waals surface area contributed by atoms with Gasteiger partial charge < -0.3 is 14.7 Å². The molecule has 168 valence electrons. The first-order valence-electron chi connectivity index (χ1n) is 9.92. The average Bonchev–Trinajstić information content (AvgIpc) is 3.06. The van der Waals surface area contributed by atoms with E-state index >= 15 is 0 Å². The van der Waals surface area contributed by atoms with E-state index in [1.807, 2.05) is 0 Å². The maximum Gasteiger partial charge on any atom is 0.295 e. The van der Waals surface area contributed by atoms with E-state index in [9.17, 15) is 23.5 Å². The molecule has 1 saturated heterocycles. The first-order chi connectivity index (χ1) is 15.8. The van der Waals surface area contributed by atoms with Crippen molar-refractivity contribution in [3.8, 4) is 5.75 Å². The van der Waals surface area contributed by atoms with Gasteiger partial charge in [0.05, 0.1) is 23.7 Å². The second-order valence-corrected chi connectivity index (χ2v) is 7.86. The molecular formula is C25H18ClF2NO4. The van der Waals surface area contributed by atoms with Crippen LogP contribution in [-0.4, -0.2) is 28.8 Å². The summed E-state index contributed by atoms with van der Waals surface area (Å²) in [5, 5.41) is 11.4. The molecule has 33 heavy (non-hydrogen) atoms. The van der Waals surface area contributed by atoms with Gasteiger partial charge in [-0.2, -0.15) is 0 Å². The number of aliphatic hydroxyl groups is 1. The maximum atomic E-state index is 13.6. The van der Waals surface area contributed by atoms with Crippen molar-refractivity contribution >= 4 is 29.1 Å². The molecule has 1 amide bonds. The quantitative estimate of drug-likeness (QED) is 0.315. The van der Waals surface area contributed by atoms with Crippen molar-refractivity contribution < 1.29 is 28.2 Å². The molecule has 8 heteroatoms. The molecule has 1 atom stereocenters. The lowest BCUT2D eigenvalue weighted by Gasteiger charge is -2.25. The fourth-order valence-electron chi connectivity index (χ4n) is 3.78. The molecule has 0 spiro atoms. The minimum Gasteiger partial charge on any atom is -0.507 e. The van der Waals surface area contributed by atoms with Crippen molar-refractivity contribution in [2.45, 2.75) is 12.6 Å². The molecule has 1 N–H and O–H groups in total. The summed E-state index contributed by atoms with van der Waals surface area (Å²) >= 11 is 6.06. The normalized spacial score (nSPS) is 17.5. The van der Waals surface area contributed by atoms with Gasteiger partial charge in [0, 0.05) is 12.1 Å². The molecule has 1 aliphatic heterocycles. The molecular weight excluding hydrogens is 452 g/mol. The zero-order chi connectivity index (χ0) is 23.7. The van der Waals surface area contributed by atoms with Gasteiger partial charge in [0.15, 0.2) is 0 Å². The zero-order valence-electron chi connectivity index (χ0n) is 17.4. The number of likely N-dealkylation sites (tertiary alicyclic amines) is 1. The predicted octanol–water partition coefficient (Wildman–Crippen LogP) is 5.25. The van der Waals surface area contributed by atoms with Gasteiger partial charge in [0.1, 0.15) is 23.1 Å². The van der Waals surface area contributed by atoms with Crippen LogP contribution in [0.5, 0.6) is 5.75 Å². The van der Waals surface area contributed by atoms with Crippen LogP contribution in [0, 0.1) is 11.6 Å². The van der Waals surface area contributed by atoms with E-state index in [2.05, 4.69) is 0 Å². The van der Waals surface area contributed by atoms with Gasteiger partial charge in [0.2, 0.25) is 0 Å². The number of hydrogen-bond acceptors (Lipinski definition) is 4. The molecule has 0 aromatic heterocycles. The second-order valence-electron chi connectivity index (χ2n) is 7.45. The number of carbonyl (C=O) groups excluding carboxylic acids is 2. The summed E-state index contributed by atoms with van der Waals surface area (Å²) in [4.78, 5) is 27.3. The van der Waals surface area contributed by atoms with E-state index in [1.165, 1.54) is 78.7 Å². The first kappa shape index (κ1) is 22.5. The minimum absolute atomic E-state index is 0.0202. The van der Waals surface area contributed by atoms with Gasteiger partial charge in [-0.15, -0.1) is 0 Å². The summed E-state index contributed by atoms with van der Waals surface area (Å²) in [6, 6.07) is 14.3. The molecule has 1 heterocycles. The number of Topliss-reactive ketones (excluding diaryl/α,β-unsaturated/α-hetero) is 1. The van der Waals surface area contributed by atoms with Crippen LogP contribution in [0.4, 0.5) is 8.78 Å². The minimum atomic E-state index is -0.989. The summed E-state index contributed by atoms with van der Waals surface area (Å²) in [5.41, 5.74) is 1.08. The number of nitrogens with zero attached hydrogens (tertiary/aromatic N) is 1. The summed E-state index contributed by atoms with van der Waals surface area (Å²) < 4.78 is 32.1. The van der Waals surface area contributed by atoms with Crippen LogP contribution in [-0.2, 0) is 16.1 Å². The average molecular weight is 470 g/mol. The Labute approximate surface area is 193 Å². The number of amides is 1. The summed E-state index contributed by atoms with van der Waals surface area (Å²) in [6.45, 7) is -0.0202. The van der Waals surface area contributed by atoms with E-state index in [-0.39, 0.29) is 23.4 Å². The Kier molecular flexibility index (Phi) is 6.16. The summed E-state index contributed by atoms with van der Waals surface area (Å²) in [7, 11) is 1.41. The Morgan fingerprint density at radius 3 is 2.21 bits per heavy atom. The lowest BCUT2D eigenvalue weighted by atomic mass is 9.95. The zero-order valence-corrected chi connectivity index (χ0v) is 18.1. The van der Waals surface area contributed by atoms with Crippen LogP contribution >= 0.6 is 11.6 Å². The molecule has 0 saturated carbocycles. The molecule has 5 nitrogen and oxygen atoms in total. The van der Waals surface area contributed by atoms with Gasteiger partial charge in [-0.25, -0.2) is 8.78 Å². The number of ketones is 1. The van der Waals surface area contributed by atoms with Crippen molar-refractivity contribution in [1.82, 2.24) is 4.90 Å². The van der Waals surface area contributed by atoms with Crippen molar-refractivity contribution in [2.24, 2.45) is 0 Å². The smallest absolute Gasteiger partial charge is 0.295 e. The number of carbonyl (C=O) groups is 2. The number of benzene rings is 3. The number of ether oxygens (including phenoxy) is 1. The van der Waals surface area contributed by atoms with Crippen molar-refractivity contribution in [3.05, 3.63) is 106 Å². The topological polar surface area (TPSA) is 66.8 Å². The van der Waals surface area contributed by atoms with E-state index in [1.54, 1.807) is 0 Å². The highest BCUT2D eigenvalue weighted by atomic mass is 35.5. The molecule has 3 aromatic carbocycles. The Hall–Kier alpha value is -3.71. The number of aliphatic hydroxyl groups excluding tert-OH is 1. The summed E-state index contributed by atoms with van der Waals surface area (Å²) in [6.07, 6.45) is 0. The molecule has 4 rings (SSSR count). The highest BCUT2D eigenvalue weighted by molar-refractivity contribution is 6.46. The molecule has 3 aromatic rings. The molecule has 0 radical (unpaired) electrons. The highest BCUT2D eigenvalue weighted by Crippen LogP contribution is 2.41. The van der Waals surface area contributed by atoms with Crippen LogP contribution in [0.2, 0.25) is 5.02 Å². The second kappa shape index (κ2) is 9.03. The Morgan fingerprint density at radius 1 is 1.00 bits per heavy atom. The van der Waals surface area contributed by atoms with E-state index in [0.717, 1.165) is 0 Å². The molecule has 1 aliphatic rings. The third-order valence-electron chi connectivity index (χ3n) is 5.42. The van der Waals surface area contributed by atoms with Crippen LogP contribution in [0.1, 0.15) is 22.7 Å². The largest absolute Gasteiger partial charge is 0.507 e. The number of methoxy groups -OCH3 is 1. The highest BCUT2D eigenvalue weighted by Gasteiger charge is 2.46. The maximum absolute atomic E-state index is 13.6. The van der Waals surface area contributed by atoms with Crippen LogP contribution in [0.25, 0.3) is 5.76 Å². The lowest BCUT2D eigenvalue weighted by Crippen LogP contribution is -2.29. The SMILES string of the molecule is COc1cc(/C(O)=C2/C(=O)C(=O)N(Cc3ccc(F)cc3)C2c2ccc(F)cc2)ccc1Cl. The van der Waals surface area contributed by atoms with Crippen molar-refractivity contribution in [3.63, 3.8) is 0 Å². The molecule has 1 fully saturated rings. The van der Waals surface area contributed by atoms with Gasteiger partial charge in [-0.05, 0) is 53.6 Å². The number of hydrogen-bond donors (Lipinski definition) is 1. The van der Waals surface area contributed by atoms with E-state index in [4.69, 9.17) is 16.3 Å². The fraction of sp³-hybridized carbons (Fsp3) is 0.120. The summed E-state index contributed by atoms with van der Waals surface area (Å²) in [5.74, 6) is -2.79. The number of halogens is 3. The predicted molar refractivity (Wildman–Crippen MR) is 119 cm³/mol. The Bertz CT molecular complexity index is 1260. The number of rotatable bonds is 5. The van der Waals surface area contributed by atoms with Gasteiger partial charge in [-0.3, -0.25) is 9.59 Å². The Balaban J connectivity index is 1.86. The van der Waals surface area contributed by atoms with Gasteiger partial charge in [-0.1, -0.05) is 35.9 Å². The Morgan fingerprint density at radius 2 is 1.61 bits per heavy atom. The first-order valence-corrected chi connectivity index (χ1v) is 10.3. The molecule has 0 aliphatic carbocycles. The van der Waals surface area contributed by atoms with Crippen LogP contribution in [0.15, 0.2) is 72.3 Å². The van der Waals surface area contributed by atoms with Crippen molar-refractivity contribution in [2.75, 3.05) is 7.11 Å². The van der Waals surface area contributed by atoms with E-state index in [0.29, 0.717) is 16.1 Å². The molecule has 0 bridgehead atoms. The molecule has 1 unspecified atom stereocenters. The fourth-order valence-corrected chi connectivity index (χ4v) is 3.98. The third kappa shape index (κ3) is 4.32. The standard InChI is InChI=1S/C25H18ClF2NO4/c1-33-20-12-16(6-11-19(20)26)23(30)21-22(15-4-9-18(28)10-5-15)29(25(32)24(21)31)13-14-2-7-17(27)8-3-14/h2-12,22,30H,13H2,1H3/b23-21-. The van der Waals surface area contributed by atoms with Crippen LogP contribution < -0.4 is 4.74 Å². The van der Waals surface area contributed by atoms with Gasteiger partial charge in [0.25, 0.3) is 11.7 Å². The van der Waals surface area contributed by atoms with Gasteiger partial charge >= 0.3 is 0 Å². The third-order valence-corrected chi connectivity index (χ3v) is 5.73. The van der Waals surface area contributed by atoms with Crippen molar-refractivity contribution in [1.29, 1.82) is 0 Å². The van der Waals surface area contributed by atoms with E-state index < -0.39 is 35.1 Å². The van der Waals surface area contributed by atoms with Crippen LogP contribution in [0.3, 0.4) is 0 Å².